The van der Waals surface area contributed by atoms with E-state index >= 15 is 0 Å². The number of benzene rings is 2. The summed E-state index contributed by atoms with van der Waals surface area (Å²) >= 11 is 12.2. The van der Waals surface area contributed by atoms with Crippen LogP contribution in [0.25, 0.3) is 0 Å². The Kier molecular flexibility index (Phi) is 7.41. The number of likely N-dealkylation sites (tertiary alicyclic amines) is 1. The molecule has 1 aliphatic carbocycles. The van der Waals surface area contributed by atoms with Crippen molar-refractivity contribution in [3.05, 3.63) is 75.8 Å². The number of nitrogens with zero attached hydrogens (tertiary/aromatic N) is 1. The molecule has 0 aromatic heterocycles. The zero-order chi connectivity index (χ0) is 28.9. The topological polar surface area (TPSA) is 87.7 Å². The van der Waals surface area contributed by atoms with Crippen LogP contribution in [0, 0.1) is 18.8 Å². The summed E-state index contributed by atoms with van der Waals surface area (Å²) in [6, 6.07) is 12.2. The molecule has 0 unspecified atom stereocenters. The van der Waals surface area contributed by atoms with Crippen molar-refractivity contribution >= 4 is 46.6 Å². The van der Waals surface area contributed by atoms with Gasteiger partial charge in [-0.15, -0.1) is 0 Å². The van der Waals surface area contributed by atoms with Crippen molar-refractivity contribution in [1.29, 1.82) is 0 Å². The predicted molar refractivity (Wildman–Crippen MR) is 159 cm³/mol. The summed E-state index contributed by atoms with van der Waals surface area (Å²) in [6.07, 6.45) is 9.46. The summed E-state index contributed by atoms with van der Waals surface area (Å²) < 4.78 is 6.63. The highest BCUT2D eigenvalue weighted by molar-refractivity contribution is 6.42. The van der Waals surface area contributed by atoms with Gasteiger partial charge in [0.15, 0.2) is 0 Å². The Morgan fingerprint density at radius 2 is 1.73 bits per heavy atom. The molecule has 2 aromatic carbocycles. The van der Waals surface area contributed by atoms with E-state index in [1.165, 1.54) is 6.42 Å². The maximum Gasteiger partial charge on any atom is 0.246 e. The number of ether oxygens (including phenoxy) is 1. The Bertz CT molecular complexity index is 1410. The number of aryl methyl sites for hydroxylation is 1. The Morgan fingerprint density at radius 3 is 2.44 bits per heavy atom. The molecule has 2 aromatic rings. The molecule has 7 nitrogen and oxygen atoms in total. The molecule has 2 saturated heterocycles. The number of carbonyl (C=O) groups excluding carboxylic acids is 3. The van der Waals surface area contributed by atoms with Gasteiger partial charge in [-0.2, -0.15) is 0 Å². The van der Waals surface area contributed by atoms with Crippen molar-refractivity contribution in [3.63, 3.8) is 0 Å². The number of amides is 3. The van der Waals surface area contributed by atoms with Crippen molar-refractivity contribution in [1.82, 2.24) is 10.2 Å². The van der Waals surface area contributed by atoms with Crippen LogP contribution < -0.4 is 10.6 Å². The molecular formula is C32H35Cl2N3O4. The van der Waals surface area contributed by atoms with Gasteiger partial charge in [0, 0.05) is 18.3 Å². The van der Waals surface area contributed by atoms with Crippen LogP contribution in [0.5, 0.6) is 0 Å². The lowest BCUT2D eigenvalue weighted by atomic mass is 9.70. The SMILES string of the molecule is Cc1ccc(CCN2C(=O)[C@@H]3[C@H](C(=O)Nc4ccc(Cl)c(Cl)c4)[C@]4(C)C=C[C@@]3(O4)[C@@H]2C(=O)NC2CCCCC2)cc1. The number of hydrogen-bond donors (Lipinski definition) is 2. The van der Waals surface area contributed by atoms with E-state index in [-0.39, 0.29) is 23.8 Å². The van der Waals surface area contributed by atoms with Gasteiger partial charge >= 0.3 is 0 Å². The third kappa shape index (κ3) is 4.96. The number of hydrogen-bond acceptors (Lipinski definition) is 4. The van der Waals surface area contributed by atoms with Gasteiger partial charge in [-0.3, -0.25) is 14.4 Å². The standard InChI is InChI=1S/C32H35Cl2N3O4/c1-19-8-10-20(11-9-19)14-17-37-27(29(39)35-21-6-4-3-5-7-21)32-16-15-31(2,41-32)25(26(32)30(37)40)28(38)36-22-12-13-23(33)24(34)18-22/h8-13,15-16,18,21,25-27H,3-7,14,17H2,1-2H3,(H,35,39)(H,36,38)/t25-,26+,27+,31+,32+/m1/s1. The van der Waals surface area contributed by atoms with Gasteiger partial charge in [-0.05, 0) is 56.9 Å². The minimum Gasteiger partial charge on any atom is -0.356 e. The van der Waals surface area contributed by atoms with Crippen molar-refractivity contribution in [2.45, 2.75) is 75.7 Å². The molecule has 1 spiro atoms. The number of carbonyl (C=O) groups is 3. The fourth-order valence-electron chi connectivity index (χ4n) is 7.20. The van der Waals surface area contributed by atoms with Crippen LogP contribution in [0.4, 0.5) is 5.69 Å². The molecule has 6 rings (SSSR count). The van der Waals surface area contributed by atoms with Crippen LogP contribution in [-0.4, -0.2) is 52.5 Å². The highest BCUT2D eigenvalue weighted by Gasteiger charge is 2.76. The van der Waals surface area contributed by atoms with E-state index in [1.54, 1.807) is 23.1 Å². The number of halogens is 2. The monoisotopic (exact) mass is 595 g/mol. The molecule has 9 heteroatoms. The maximum absolute atomic E-state index is 14.3. The van der Waals surface area contributed by atoms with Gasteiger partial charge in [0.2, 0.25) is 17.7 Å². The van der Waals surface area contributed by atoms with Crippen LogP contribution in [0.15, 0.2) is 54.6 Å². The third-order valence-corrected chi connectivity index (χ3v) is 9.97. The Labute approximate surface area is 250 Å². The highest BCUT2D eigenvalue weighted by Crippen LogP contribution is 2.59. The summed E-state index contributed by atoms with van der Waals surface area (Å²) in [5.74, 6) is -2.47. The van der Waals surface area contributed by atoms with Crippen LogP contribution >= 0.6 is 23.2 Å². The first-order chi connectivity index (χ1) is 19.6. The van der Waals surface area contributed by atoms with Gasteiger partial charge in [0.05, 0.1) is 27.5 Å². The second-order valence-corrected chi connectivity index (χ2v) is 12.9. The molecule has 3 fully saturated rings. The van der Waals surface area contributed by atoms with Gasteiger partial charge in [0.25, 0.3) is 0 Å². The molecule has 4 aliphatic rings. The summed E-state index contributed by atoms with van der Waals surface area (Å²) in [5, 5.41) is 6.85. The van der Waals surface area contributed by atoms with Crippen LogP contribution in [-0.2, 0) is 25.5 Å². The smallest absolute Gasteiger partial charge is 0.246 e. The second-order valence-electron chi connectivity index (χ2n) is 12.1. The van der Waals surface area contributed by atoms with E-state index in [2.05, 4.69) is 10.6 Å². The summed E-state index contributed by atoms with van der Waals surface area (Å²) in [7, 11) is 0. The van der Waals surface area contributed by atoms with Gasteiger partial charge in [-0.1, -0.05) is 84.4 Å². The Morgan fingerprint density at radius 1 is 1.00 bits per heavy atom. The molecule has 3 amide bonds. The van der Waals surface area contributed by atoms with E-state index in [0.717, 1.165) is 36.8 Å². The van der Waals surface area contributed by atoms with E-state index < -0.39 is 29.1 Å². The van der Waals surface area contributed by atoms with Crippen molar-refractivity contribution in [3.8, 4) is 0 Å². The lowest BCUT2D eigenvalue weighted by Crippen LogP contribution is -2.57. The summed E-state index contributed by atoms with van der Waals surface area (Å²) in [5.41, 5.74) is 0.446. The number of anilines is 1. The minimum absolute atomic E-state index is 0.0765. The maximum atomic E-state index is 14.3. The highest BCUT2D eigenvalue weighted by atomic mass is 35.5. The van der Waals surface area contributed by atoms with Crippen molar-refractivity contribution in [2.24, 2.45) is 11.8 Å². The molecule has 0 radical (unpaired) electrons. The van der Waals surface area contributed by atoms with Crippen LogP contribution in [0.1, 0.15) is 50.2 Å². The predicted octanol–water partition coefficient (Wildman–Crippen LogP) is 5.47. The molecule has 2 bridgehead atoms. The van der Waals surface area contributed by atoms with E-state index in [4.69, 9.17) is 27.9 Å². The average molecular weight is 597 g/mol. The molecule has 2 N–H and O–H groups in total. The Hall–Kier alpha value is -2.87. The second kappa shape index (κ2) is 10.8. The lowest BCUT2D eigenvalue weighted by Gasteiger charge is -2.34. The van der Waals surface area contributed by atoms with Crippen LogP contribution in [0.3, 0.4) is 0 Å². The van der Waals surface area contributed by atoms with Crippen molar-refractivity contribution < 1.29 is 19.1 Å². The normalized spacial score (nSPS) is 30.5. The van der Waals surface area contributed by atoms with Crippen LogP contribution in [0.2, 0.25) is 10.0 Å². The number of fused-ring (bicyclic) bond motifs is 1. The third-order valence-electron chi connectivity index (χ3n) is 9.23. The molecule has 216 valence electrons. The first kappa shape index (κ1) is 28.3. The molecule has 5 atom stereocenters. The first-order valence-electron chi connectivity index (χ1n) is 14.4. The zero-order valence-electron chi connectivity index (χ0n) is 23.3. The van der Waals surface area contributed by atoms with E-state index in [9.17, 15) is 14.4 Å². The summed E-state index contributed by atoms with van der Waals surface area (Å²) in [6.45, 7) is 4.19. The van der Waals surface area contributed by atoms with Crippen molar-refractivity contribution in [2.75, 3.05) is 11.9 Å². The fourth-order valence-corrected chi connectivity index (χ4v) is 7.49. The molecule has 3 heterocycles. The largest absolute Gasteiger partial charge is 0.356 e. The first-order valence-corrected chi connectivity index (χ1v) is 15.2. The number of nitrogens with one attached hydrogen (secondary N) is 2. The Balaban J connectivity index is 1.32. The van der Waals surface area contributed by atoms with Gasteiger partial charge < -0.3 is 20.3 Å². The lowest BCUT2D eigenvalue weighted by molar-refractivity contribution is -0.144. The van der Waals surface area contributed by atoms with Gasteiger partial charge in [0.1, 0.15) is 11.6 Å². The zero-order valence-corrected chi connectivity index (χ0v) is 24.8. The molecular weight excluding hydrogens is 561 g/mol. The summed E-state index contributed by atoms with van der Waals surface area (Å²) in [4.78, 5) is 43.8. The number of rotatable bonds is 7. The van der Waals surface area contributed by atoms with E-state index in [0.29, 0.717) is 28.7 Å². The molecule has 41 heavy (non-hydrogen) atoms. The van der Waals surface area contributed by atoms with E-state index in [1.807, 2.05) is 50.3 Å². The van der Waals surface area contributed by atoms with Gasteiger partial charge in [-0.25, -0.2) is 0 Å². The quantitative estimate of drug-likeness (QED) is 0.415. The minimum atomic E-state index is -1.22. The average Bonchev–Trinajstić information content (AvgIpc) is 3.51. The fraction of sp³-hybridized carbons (Fsp3) is 0.469. The molecule has 1 saturated carbocycles. The molecule has 3 aliphatic heterocycles.